The van der Waals surface area contributed by atoms with Crippen LogP contribution in [0.25, 0.3) is 0 Å². The second-order valence-corrected chi connectivity index (χ2v) is 3.70. The van der Waals surface area contributed by atoms with Gasteiger partial charge in [-0.1, -0.05) is 12.1 Å². The van der Waals surface area contributed by atoms with Crippen molar-refractivity contribution in [3.05, 3.63) is 5.82 Å². The van der Waals surface area contributed by atoms with Gasteiger partial charge in [0.05, 0.1) is 6.61 Å². The zero-order chi connectivity index (χ0) is 9.97. The second kappa shape index (κ2) is 3.96. The van der Waals surface area contributed by atoms with Crippen LogP contribution in [0.2, 0.25) is 0 Å². The maximum Gasteiger partial charge on any atom is 0.321 e. The fraction of sp³-hybridized carbons (Fsp3) is 0.778. The standard InChI is InChI=1S/C9H15N3O2/c1-6-5-7(6)8-11-9(14-12-8)10-3-4-13-2/h6-7H,3-5H2,1-2H3,(H,10,11,12). The SMILES string of the molecule is COCCNc1nc(C2CC2C)no1. The summed E-state index contributed by atoms with van der Waals surface area (Å²) in [5.41, 5.74) is 0. The van der Waals surface area contributed by atoms with Crippen LogP contribution in [0.4, 0.5) is 6.01 Å². The Balaban J connectivity index is 1.84. The number of hydrogen-bond acceptors (Lipinski definition) is 5. The highest BCUT2D eigenvalue weighted by Gasteiger charge is 2.38. The molecule has 14 heavy (non-hydrogen) atoms. The Kier molecular flexibility index (Phi) is 2.67. The summed E-state index contributed by atoms with van der Waals surface area (Å²) in [4.78, 5) is 4.25. The lowest BCUT2D eigenvalue weighted by atomic mass is 10.3. The Morgan fingerprint density at radius 1 is 1.64 bits per heavy atom. The molecule has 2 rings (SSSR count). The van der Waals surface area contributed by atoms with Gasteiger partial charge in [-0.15, -0.1) is 0 Å². The number of ether oxygens (including phenoxy) is 1. The molecule has 2 atom stereocenters. The van der Waals surface area contributed by atoms with E-state index in [1.165, 1.54) is 6.42 Å². The highest BCUT2D eigenvalue weighted by Crippen LogP contribution is 2.45. The summed E-state index contributed by atoms with van der Waals surface area (Å²) in [7, 11) is 1.66. The average Bonchev–Trinajstić information content (AvgIpc) is 2.74. The first-order valence-electron chi connectivity index (χ1n) is 4.87. The molecule has 1 aliphatic rings. The van der Waals surface area contributed by atoms with Crippen molar-refractivity contribution < 1.29 is 9.26 Å². The molecule has 1 saturated carbocycles. The second-order valence-electron chi connectivity index (χ2n) is 3.70. The van der Waals surface area contributed by atoms with Crippen molar-refractivity contribution >= 4 is 6.01 Å². The molecule has 1 fully saturated rings. The predicted octanol–water partition coefficient (Wildman–Crippen LogP) is 1.25. The molecule has 0 aromatic carbocycles. The summed E-state index contributed by atoms with van der Waals surface area (Å²) in [6.07, 6.45) is 1.18. The van der Waals surface area contributed by atoms with Gasteiger partial charge in [0.25, 0.3) is 0 Å². The average molecular weight is 197 g/mol. The van der Waals surface area contributed by atoms with Crippen LogP contribution in [-0.4, -0.2) is 30.4 Å². The molecule has 1 N–H and O–H groups in total. The molecular weight excluding hydrogens is 182 g/mol. The van der Waals surface area contributed by atoms with Gasteiger partial charge < -0.3 is 14.6 Å². The quantitative estimate of drug-likeness (QED) is 0.720. The number of nitrogens with zero attached hydrogens (tertiary/aromatic N) is 2. The van der Waals surface area contributed by atoms with Gasteiger partial charge in [-0.3, -0.25) is 0 Å². The molecule has 1 aromatic rings. The monoisotopic (exact) mass is 197 g/mol. The van der Waals surface area contributed by atoms with Crippen LogP contribution in [0.3, 0.4) is 0 Å². The lowest BCUT2D eigenvalue weighted by molar-refractivity contribution is 0.210. The van der Waals surface area contributed by atoms with Gasteiger partial charge in [-0.25, -0.2) is 0 Å². The van der Waals surface area contributed by atoms with Crippen molar-refractivity contribution in [1.82, 2.24) is 10.1 Å². The Hall–Kier alpha value is -1.10. The summed E-state index contributed by atoms with van der Waals surface area (Å²) in [5, 5.41) is 6.92. The van der Waals surface area contributed by atoms with Crippen LogP contribution < -0.4 is 5.32 Å². The zero-order valence-electron chi connectivity index (χ0n) is 8.49. The molecule has 0 radical (unpaired) electrons. The van der Waals surface area contributed by atoms with Crippen molar-refractivity contribution in [3.63, 3.8) is 0 Å². The Morgan fingerprint density at radius 3 is 3.07 bits per heavy atom. The number of hydrogen-bond donors (Lipinski definition) is 1. The van der Waals surface area contributed by atoms with E-state index in [2.05, 4.69) is 22.4 Å². The number of anilines is 1. The molecule has 0 aliphatic heterocycles. The molecule has 78 valence electrons. The van der Waals surface area contributed by atoms with E-state index in [4.69, 9.17) is 9.26 Å². The first kappa shape index (κ1) is 9.45. The smallest absolute Gasteiger partial charge is 0.321 e. The first-order valence-corrected chi connectivity index (χ1v) is 4.87. The van der Waals surface area contributed by atoms with E-state index in [-0.39, 0.29) is 0 Å². The normalized spacial score (nSPS) is 25.0. The van der Waals surface area contributed by atoms with Gasteiger partial charge >= 0.3 is 6.01 Å². The summed E-state index contributed by atoms with van der Waals surface area (Å²) in [5.74, 6) is 2.05. The molecule has 5 nitrogen and oxygen atoms in total. The van der Waals surface area contributed by atoms with E-state index in [9.17, 15) is 0 Å². The summed E-state index contributed by atoms with van der Waals surface area (Å²) >= 11 is 0. The van der Waals surface area contributed by atoms with Crippen molar-refractivity contribution in [3.8, 4) is 0 Å². The van der Waals surface area contributed by atoms with Gasteiger partial charge in [-0.2, -0.15) is 4.98 Å². The van der Waals surface area contributed by atoms with E-state index in [1.54, 1.807) is 7.11 Å². The van der Waals surface area contributed by atoms with E-state index in [1.807, 2.05) is 0 Å². The van der Waals surface area contributed by atoms with Crippen LogP contribution in [0.15, 0.2) is 4.52 Å². The first-order chi connectivity index (χ1) is 6.81. The van der Waals surface area contributed by atoms with Gasteiger partial charge in [-0.05, 0) is 12.3 Å². The Morgan fingerprint density at radius 2 is 2.43 bits per heavy atom. The lowest BCUT2D eigenvalue weighted by Crippen LogP contribution is -2.07. The van der Waals surface area contributed by atoms with Crippen LogP contribution in [0, 0.1) is 5.92 Å². The number of rotatable bonds is 5. The number of nitrogens with one attached hydrogen (secondary N) is 1. The highest BCUT2D eigenvalue weighted by atomic mass is 16.5. The van der Waals surface area contributed by atoms with E-state index in [0.29, 0.717) is 31.0 Å². The van der Waals surface area contributed by atoms with Crippen LogP contribution in [0.5, 0.6) is 0 Å². The Labute approximate surface area is 82.8 Å². The third kappa shape index (κ3) is 2.04. The zero-order valence-corrected chi connectivity index (χ0v) is 8.49. The van der Waals surface area contributed by atoms with E-state index in [0.717, 1.165) is 5.82 Å². The molecule has 0 spiro atoms. The van der Waals surface area contributed by atoms with E-state index < -0.39 is 0 Å². The fourth-order valence-corrected chi connectivity index (χ4v) is 1.40. The van der Waals surface area contributed by atoms with Crippen molar-refractivity contribution in [2.24, 2.45) is 5.92 Å². The Bertz CT molecular complexity index is 300. The minimum atomic E-state index is 0.496. The third-order valence-corrected chi connectivity index (χ3v) is 2.47. The predicted molar refractivity (Wildman–Crippen MR) is 51.2 cm³/mol. The summed E-state index contributed by atoms with van der Waals surface area (Å²) < 4.78 is 9.93. The highest BCUT2D eigenvalue weighted by molar-refractivity contribution is 5.21. The molecule has 0 saturated heterocycles. The molecular formula is C9H15N3O2. The maximum absolute atomic E-state index is 5.03. The molecule has 5 heteroatoms. The van der Waals surface area contributed by atoms with Gasteiger partial charge in [0.2, 0.25) is 0 Å². The molecule has 0 bridgehead atoms. The van der Waals surface area contributed by atoms with Gasteiger partial charge in [0.15, 0.2) is 5.82 Å². The molecule has 1 aromatic heterocycles. The minimum Gasteiger partial charge on any atom is -0.383 e. The maximum atomic E-state index is 5.03. The molecule has 2 unspecified atom stereocenters. The molecule has 1 aliphatic carbocycles. The topological polar surface area (TPSA) is 60.2 Å². The third-order valence-electron chi connectivity index (χ3n) is 2.47. The lowest BCUT2D eigenvalue weighted by Gasteiger charge is -1.97. The molecule has 1 heterocycles. The summed E-state index contributed by atoms with van der Waals surface area (Å²) in [6.45, 7) is 3.52. The van der Waals surface area contributed by atoms with Crippen molar-refractivity contribution in [2.45, 2.75) is 19.3 Å². The van der Waals surface area contributed by atoms with E-state index >= 15 is 0 Å². The number of methoxy groups -OCH3 is 1. The number of aromatic nitrogens is 2. The summed E-state index contributed by atoms with van der Waals surface area (Å²) in [6, 6.07) is 0.496. The molecule has 0 amide bonds. The van der Waals surface area contributed by atoms with Crippen molar-refractivity contribution in [2.75, 3.05) is 25.6 Å². The van der Waals surface area contributed by atoms with Crippen molar-refractivity contribution in [1.29, 1.82) is 0 Å². The van der Waals surface area contributed by atoms with Crippen LogP contribution >= 0.6 is 0 Å². The fourth-order valence-electron chi connectivity index (χ4n) is 1.40. The van der Waals surface area contributed by atoms with Gasteiger partial charge in [0, 0.05) is 19.6 Å². The largest absolute Gasteiger partial charge is 0.383 e. The minimum absolute atomic E-state index is 0.496. The van der Waals surface area contributed by atoms with Crippen LogP contribution in [-0.2, 0) is 4.74 Å². The van der Waals surface area contributed by atoms with Crippen LogP contribution in [0.1, 0.15) is 25.1 Å². The van der Waals surface area contributed by atoms with Gasteiger partial charge in [0.1, 0.15) is 0 Å².